The summed E-state index contributed by atoms with van der Waals surface area (Å²) >= 11 is 0. The lowest BCUT2D eigenvalue weighted by atomic mass is 10.2. The first-order valence-corrected chi connectivity index (χ1v) is 6.17. The van der Waals surface area contributed by atoms with Crippen LogP contribution < -0.4 is 0 Å². The number of amides is 1. The molecule has 1 fully saturated rings. The average molecular weight is 257 g/mol. The van der Waals surface area contributed by atoms with Gasteiger partial charge < -0.3 is 14.4 Å². The van der Waals surface area contributed by atoms with E-state index in [1.165, 1.54) is 4.90 Å². The molecule has 0 saturated carbocycles. The molecule has 0 spiro atoms. The van der Waals surface area contributed by atoms with Crippen LogP contribution in [0, 0.1) is 0 Å². The molecule has 6 heteroatoms. The van der Waals surface area contributed by atoms with Crippen LogP contribution in [0.4, 0.5) is 0 Å². The summed E-state index contributed by atoms with van der Waals surface area (Å²) in [6.07, 6.45) is 2.95. The van der Waals surface area contributed by atoms with Gasteiger partial charge in [-0.25, -0.2) is 9.59 Å². The van der Waals surface area contributed by atoms with Crippen molar-refractivity contribution in [2.75, 3.05) is 20.3 Å². The lowest BCUT2D eigenvalue weighted by molar-refractivity contribution is -0.162. The van der Waals surface area contributed by atoms with Crippen LogP contribution >= 0.6 is 0 Å². The third-order valence-electron chi connectivity index (χ3n) is 2.89. The summed E-state index contributed by atoms with van der Waals surface area (Å²) in [7, 11) is 1.14. The van der Waals surface area contributed by atoms with Crippen molar-refractivity contribution < 1.29 is 23.9 Å². The van der Waals surface area contributed by atoms with Crippen LogP contribution in [0.2, 0.25) is 0 Å². The molecule has 1 aliphatic heterocycles. The molecule has 6 nitrogen and oxygen atoms in total. The van der Waals surface area contributed by atoms with Gasteiger partial charge in [-0.1, -0.05) is 13.3 Å². The highest BCUT2D eigenvalue weighted by Crippen LogP contribution is 2.19. The molecule has 0 bridgehead atoms. The highest BCUT2D eigenvalue weighted by Gasteiger charge is 2.38. The fraction of sp³-hybridized carbons (Fsp3) is 0.750. The van der Waals surface area contributed by atoms with Gasteiger partial charge in [0.05, 0.1) is 13.7 Å². The Morgan fingerprint density at radius 1 is 1.33 bits per heavy atom. The third-order valence-corrected chi connectivity index (χ3v) is 2.89. The second kappa shape index (κ2) is 6.98. The largest absolute Gasteiger partial charge is 0.464 e. The Morgan fingerprint density at radius 2 is 2.06 bits per heavy atom. The summed E-state index contributed by atoms with van der Waals surface area (Å²) in [6, 6.07) is -0.645. The fourth-order valence-electron chi connectivity index (χ4n) is 1.87. The molecule has 102 valence electrons. The lowest BCUT2D eigenvalue weighted by Crippen LogP contribution is -2.45. The van der Waals surface area contributed by atoms with Gasteiger partial charge in [0.25, 0.3) is 0 Å². The molecule has 1 heterocycles. The number of carbonyl (C=O) groups is 3. The van der Waals surface area contributed by atoms with Gasteiger partial charge in [-0.3, -0.25) is 4.79 Å². The van der Waals surface area contributed by atoms with E-state index >= 15 is 0 Å². The number of carbonyl (C=O) groups excluding carboxylic acids is 3. The van der Waals surface area contributed by atoms with E-state index < -0.39 is 23.9 Å². The first kappa shape index (κ1) is 14.5. The van der Waals surface area contributed by atoms with E-state index in [2.05, 4.69) is 4.74 Å². The molecule has 0 unspecified atom stereocenters. The standard InChI is InChI=1S/C12H19NO5/c1-3-4-8-18-11(15)9-6-5-7-13(9)10(14)12(16)17-2/h9H,3-8H2,1-2H3/t9-/m0/s1. The highest BCUT2D eigenvalue weighted by atomic mass is 16.5. The Bertz CT molecular complexity index is 328. The molecule has 1 atom stereocenters. The van der Waals surface area contributed by atoms with Crippen molar-refractivity contribution in [3.05, 3.63) is 0 Å². The minimum Gasteiger partial charge on any atom is -0.464 e. The summed E-state index contributed by atoms with van der Waals surface area (Å²) < 4.78 is 9.44. The predicted molar refractivity (Wildman–Crippen MR) is 62.6 cm³/mol. The molecule has 1 rings (SSSR count). The number of methoxy groups -OCH3 is 1. The van der Waals surface area contributed by atoms with Crippen LogP contribution in [0.25, 0.3) is 0 Å². The first-order valence-electron chi connectivity index (χ1n) is 6.17. The SMILES string of the molecule is CCCCOC(=O)[C@@H]1CCCN1C(=O)C(=O)OC. The monoisotopic (exact) mass is 257 g/mol. The Morgan fingerprint density at radius 3 is 2.67 bits per heavy atom. The van der Waals surface area contributed by atoms with Gasteiger partial charge in [0.15, 0.2) is 0 Å². The van der Waals surface area contributed by atoms with E-state index in [4.69, 9.17) is 4.74 Å². The zero-order chi connectivity index (χ0) is 13.5. The molecule has 0 radical (unpaired) electrons. The smallest absolute Gasteiger partial charge is 0.396 e. The van der Waals surface area contributed by atoms with E-state index in [9.17, 15) is 14.4 Å². The van der Waals surface area contributed by atoms with E-state index in [1.807, 2.05) is 6.92 Å². The zero-order valence-electron chi connectivity index (χ0n) is 10.8. The summed E-state index contributed by atoms with van der Waals surface area (Å²) in [5, 5.41) is 0. The Hall–Kier alpha value is -1.59. The molecule has 0 N–H and O–H groups in total. The molecule has 1 saturated heterocycles. The number of esters is 2. The van der Waals surface area contributed by atoms with Gasteiger partial charge in [0, 0.05) is 6.54 Å². The number of hydrogen-bond acceptors (Lipinski definition) is 5. The molecule has 1 amide bonds. The van der Waals surface area contributed by atoms with Gasteiger partial charge in [0.2, 0.25) is 0 Å². The fourth-order valence-corrected chi connectivity index (χ4v) is 1.87. The van der Waals surface area contributed by atoms with Crippen LogP contribution in [0.15, 0.2) is 0 Å². The molecule has 18 heavy (non-hydrogen) atoms. The van der Waals surface area contributed by atoms with Gasteiger partial charge in [-0.2, -0.15) is 0 Å². The maximum Gasteiger partial charge on any atom is 0.396 e. The Kier molecular flexibility index (Phi) is 5.61. The van der Waals surface area contributed by atoms with Gasteiger partial charge in [-0.05, 0) is 19.3 Å². The quantitative estimate of drug-likeness (QED) is 0.416. The van der Waals surface area contributed by atoms with E-state index in [1.54, 1.807) is 0 Å². The van der Waals surface area contributed by atoms with Crippen molar-refractivity contribution in [1.82, 2.24) is 4.90 Å². The highest BCUT2D eigenvalue weighted by molar-refractivity contribution is 6.32. The van der Waals surface area contributed by atoms with Crippen LogP contribution in [-0.4, -0.2) is 49.0 Å². The topological polar surface area (TPSA) is 72.9 Å². The summed E-state index contributed by atoms with van der Waals surface area (Å²) in [5.41, 5.74) is 0. The minimum absolute atomic E-state index is 0.353. The van der Waals surface area contributed by atoms with E-state index in [-0.39, 0.29) is 0 Å². The van der Waals surface area contributed by atoms with Crippen molar-refractivity contribution in [2.24, 2.45) is 0 Å². The first-order chi connectivity index (χ1) is 8.61. The summed E-state index contributed by atoms with van der Waals surface area (Å²) in [5.74, 6) is -2.14. The average Bonchev–Trinajstić information content (AvgIpc) is 2.86. The van der Waals surface area contributed by atoms with Gasteiger partial charge >= 0.3 is 17.8 Å². The Labute approximate surface area is 106 Å². The minimum atomic E-state index is -0.941. The van der Waals surface area contributed by atoms with Crippen LogP contribution in [0.3, 0.4) is 0 Å². The zero-order valence-corrected chi connectivity index (χ0v) is 10.8. The maximum atomic E-state index is 11.8. The molecule has 0 aromatic rings. The van der Waals surface area contributed by atoms with Crippen LogP contribution in [0.5, 0.6) is 0 Å². The predicted octanol–water partition coefficient (Wildman–Crippen LogP) is 0.494. The Balaban J connectivity index is 2.56. The van der Waals surface area contributed by atoms with Crippen molar-refractivity contribution in [2.45, 2.75) is 38.6 Å². The second-order valence-corrected chi connectivity index (χ2v) is 4.17. The number of nitrogens with zero attached hydrogens (tertiary/aromatic N) is 1. The normalized spacial score (nSPS) is 18.6. The lowest BCUT2D eigenvalue weighted by Gasteiger charge is -2.21. The van der Waals surface area contributed by atoms with Crippen molar-refractivity contribution >= 4 is 17.8 Å². The molecular weight excluding hydrogens is 238 g/mol. The molecule has 0 aliphatic carbocycles. The van der Waals surface area contributed by atoms with E-state index in [0.717, 1.165) is 20.0 Å². The molecule has 0 aromatic heterocycles. The number of likely N-dealkylation sites (tertiary alicyclic amines) is 1. The molecule has 0 aromatic carbocycles. The molecular formula is C12H19NO5. The van der Waals surface area contributed by atoms with E-state index in [0.29, 0.717) is 26.0 Å². The number of rotatable bonds is 4. The number of ether oxygens (including phenoxy) is 2. The van der Waals surface area contributed by atoms with Gasteiger partial charge in [-0.15, -0.1) is 0 Å². The number of unbranched alkanes of at least 4 members (excludes halogenated alkanes) is 1. The summed E-state index contributed by atoms with van der Waals surface area (Å²) in [4.78, 5) is 35.8. The summed E-state index contributed by atoms with van der Waals surface area (Å²) in [6.45, 7) is 2.74. The molecule has 1 aliphatic rings. The van der Waals surface area contributed by atoms with Crippen molar-refractivity contribution in [3.63, 3.8) is 0 Å². The third kappa shape index (κ3) is 3.45. The van der Waals surface area contributed by atoms with Crippen molar-refractivity contribution in [3.8, 4) is 0 Å². The number of hydrogen-bond donors (Lipinski definition) is 0. The van der Waals surface area contributed by atoms with Crippen LogP contribution in [0.1, 0.15) is 32.6 Å². The van der Waals surface area contributed by atoms with Crippen LogP contribution in [-0.2, 0) is 23.9 Å². The van der Waals surface area contributed by atoms with Gasteiger partial charge in [0.1, 0.15) is 6.04 Å². The van der Waals surface area contributed by atoms with Crippen molar-refractivity contribution in [1.29, 1.82) is 0 Å². The second-order valence-electron chi connectivity index (χ2n) is 4.17. The maximum absolute atomic E-state index is 11.8.